The standard InChI is InChI=1S/C25H28O4/c1-21(26)25(28-18-23-13-7-3-8-14-23,29-19-24-15-9-4-10-16-24)20-27-17-22-11-5-2-6-12-22/h2-16,21,26H,17-20H2,1H3. The van der Waals surface area contributed by atoms with Crippen LogP contribution < -0.4 is 0 Å². The first kappa shape index (κ1) is 21.2. The van der Waals surface area contributed by atoms with E-state index >= 15 is 0 Å². The topological polar surface area (TPSA) is 47.9 Å². The summed E-state index contributed by atoms with van der Waals surface area (Å²) in [5, 5.41) is 10.6. The van der Waals surface area contributed by atoms with Crippen molar-refractivity contribution in [1.29, 1.82) is 0 Å². The summed E-state index contributed by atoms with van der Waals surface area (Å²) in [4.78, 5) is 0. The number of benzene rings is 3. The van der Waals surface area contributed by atoms with Gasteiger partial charge in [-0.3, -0.25) is 0 Å². The Kier molecular flexibility index (Phi) is 7.96. The van der Waals surface area contributed by atoms with E-state index in [9.17, 15) is 5.11 Å². The highest BCUT2D eigenvalue weighted by Gasteiger charge is 2.38. The third-order valence-electron chi connectivity index (χ3n) is 4.70. The number of hydrogen-bond donors (Lipinski definition) is 1. The van der Waals surface area contributed by atoms with Gasteiger partial charge in [0.1, 0.15) is 12.7 Å². The SMILES string of the molecule is CC(O)C(COCc1ccccc1)(OCc1ccccc1)OCc1ccccc1. The van der Waals surface area contributed by atoms with Crippen LogP contribution in [0.1, 0.15) is 23.6 Å². The molecule has 0 aromatic heterocycles. The van der Waals surface area contributed by atoms with Gasteiger partial charge in [-0.05, 0) is 23.6 Å². The number of ether oxygens (including phenoxy) is 3. The molecule has 0 bridgehead atoms. The Balaban J connectivity index is 1.70. The summed E-state index contributed by atoms with van der Waals surface area (Å²) >= 11 is 0. The summed E-state index contributed by atoms with van der Waals surface area (Å²) in [5.74, 6) is -1.28. The van der Waals surface area contributed by atoms with Gasteiger partial charge in [-0.2, -0.15) is 0 Å². The summed E-state index contributed by atoms with van der Waals surface area (Å²) in [6.45, 7) is 2.82. The molecule has 29 heavy (non-hydrogen) atoms. The average Bonchev–Trinajstić information content (AvgIpc) is 2.77. The molecule has 0 aliphatic heterocycles. The van der Waals surface area contributed by atoms with Crippen LogP contribution in [0.4, 0.5) is 0 Å². The van der Waals surface area contributed by atoms with E-state index in [0.717, 1.165) is 16.7 Å². The highest BCUT2D eigenvalue weighted by molar-refractivity contribution is 5.15. The van der Waals surface area contributed by atoms with Crippen LogP contribution >= 0.6 is 0 Å². The van der Waals surface area contributed by atoms with E-state index in [-0.39, 0.29) is 6.61 Å². The molecule has 4 nitrogen and oxygen atoms in total. The molecular weight excluding hydrogens is 364 g/mol. The Morgan fingerprint density at radius 3 is 1.41 bits per heavy atom. The fraction of sp³-hybridized carbons (Fsp3) is 0.280. The quantitative estimate of drug-likeness (QED) is 0.480. The van der Waals surface area contributed by atoms with Crippen molar-refractivity contribution in [1.82, 2.24) is 0 Å². The molecule has 0 aliphatic rings. The van der Waals surface area contributed by atoms with Crippen molar-refractivity contribution in [2.24, 2.45) is 0 Å². The van der Waals surface area contributed by atoms with Crippen LogP contribution in [-0.4, -0.2) is 23.6 Å². The smallest absolute Gasteiger partial charge is 0.219 e. The monoisotopic (exact) mass is 392 g/mol. The third kappa shape index (κ3) is 6.51. The number of aliphatic hydroxyl groups is 1. The zero-order valence-corrected chi connectivity index (χ0v) is 16.7. The summed E-state index contributed by atoms with van der Waals surface area (Å²) < 4.78 is 18.2. The van der Waals surface area contributed by atoms with E-state index in [1.54, 1.807) is 6.92 Å². The van der Waals surface area contributed by atoms with E-state index in [2.05, 4.69) is 0 Å². The van der Waals surface area contributed by atoms with Gasteiger partial charge in [0.15, 0.2) is 0 Å². The Morgan fingerprint density at radius 2 is 1.03 bits per heavy atom. The van der Waals surface area contributed by atoms with Gasteiger partial charge in [-0.15, -0.1) is 0 Å². The molecule has 0 heterocycles. The molecule has 0 spiro atoms. The Labute approximate surface area is 172 Å². The van der Waals surface area contributed by atoms with Gasteiger partial charge in [0.25, 0.3) is 0 Å². The average molecular weight is 392 g/mol. The van der Waals surface area contributed by atoms with Crippen molar-refractivity contribution in [3.8, 4) is 0 Å². The minimum Gasteiger partial charge on any atom is -0.388 e. The Hall–Kier alpha value is -2.50. The van der Waals surface area contributed by atoms with Gasteiger partial charge in [0.05, 0.1) is 19.8 Å². The zero-order valence-electron chi connectivity index (χ0n) is 16.7. The molecular formula is C25H28O4. The summed E-state index contributed by atoms with van der Waals surface area (Å²) in [6.07, 6.45) is -0.884. The molecule has 0 saturated carbocycles. The minimum atomic E-state index is -1.28. The second kappa shape index (κ2) is 10.9. The van der Waals surface area contributed by atoms with Gasteiger partial charge >= 0.3 is 0 Å². The van der Waals surface area contributed by atoms with E-state index in [0.29, 0.717) is 19.8 Å². The van der Waals surface area contributed by atoms with Crippen molar-refractivity contribution in [3.63, 3.8) is 0 Å². The second-order valence-electron chi connectivity index (χ2n) is 7.01. The molecule has 3 aromatic carbocycles. The molecule has 4 heteroatoms. The molecule has 0 amide bonds. The maximum atomic E-state index is 10.6. The van der Waals surface area contributed by atoms with E-state index in [4.69, 9.17) is 14.2 Å². The van der Waals surface area contributed by atoms with Crippen LogP contribution in [0.25, 0.3) is 0 Å². The predicted octanol–water partition coefficient (Wildman–Crippen LogP) is 4.71. The zero-order chi connectivity index (χ0) is 20.4. The molecule has 0 fully saturated rings. The first-order valence-corrected chi connectivity index (χ1v) is 9.83. The number of aliphatic hydroxyl groups excluding tert-OH is 1. The van der Waals surface area contributed by atoms with Crippen LogP contribution in [0.2, 0.25) is 0 Å². The second-order valence-corrected chi connectivity index (χ2v) is 7.01. The third-order valence-corrected chi connectivity index (χ3v) is 4.70. The maximum absolute atomic E-state index is 10.6. The lowest BCUT2D eigenvalue weighted by molar-refractivity contribution is -0.310. The van der Waals surface area contributed by atoms with Crippen molar-refractivity contribution < 1.29 is 19.3 Å². The molecule has 0 aliphatic carbocycles. The molecule has 3 rings (SSSR count). The highest BCUT2D eigenvalue weighted by Crippen LogP contribution is 2.24. The molecule has 152 valence electrons. The molecule has 1 unspecified atom stereocenters. The minimum absolute atomic E-state index is 0.110. The van der Waals surface area contributed by atoms with Crippen LogP contribution in [0.3, 0.4) is 0 Å². The van der Waals surface area contributed by atoms with Gasteiger partial charge < -0.3 is 19.3 Å². The summed E-state index contributed by atoms with van der Waals surface area (Å²) in [5.41, 5.74) is 3.06. The van der Waals surface area contributed by atoms with Crippen molar-refractivity contribution in [2.75, 3.05) is 6.61 Å². The van der Waals surface area contributed by atoms with Crippen LogP contribution in [0.5, 0.6) is 0 Å². The Morgan fingerprint density at radius 1 is 0.655 bits per heavy atom. The molecule has 1 atom stereocenters. The van der Waals surface area contributed by atoms with Crippen molar-refractivity contribution >= 4 is 0 Å². The van der Waals surface area contributed by atoms with Crippen LogP contribution in [-0.2, 0) is 34.0 Å². The maximum Gasteiger partial charge on any atom is 0.219 e. The first-order chi connectivity index (χ1) is 14.2. The summed E-state index contributed by atoms with van der Waals surface area (Å²) in [6, 6.07) is 29.6. The Bertz CT molecular complexity index is 776. The normalized spacial score (nSPS) is 12.6. The molecule has 0 radical (unpaired) electrons. The number of hydrogen-bond acceptors (Lipinski definition) is 4. The van der Waals surface area contributed by atoms with Gasteiger partial charge in [-0.1, -0.05) is 91.0 Å². The van der Waals surface area contributed by atoms with Crippen LogP contribution in [0, 0.1) is 0 Å². The van der Waals surface area contributed by atoms with E-state index in [1.165, 1.54) is 0 Å². The van der Waals surface area contributed by atoms with Gasteiger partial charge in [0, 0.05) is 0 Å². The van der Waals surface area contributed by atoms with Crippen molar-refractivity contribution in [3.05, 3.63) is 108 Å². The number of rotatable bonds is 11. The van der Waals surface area contributed by atoms with Crippen LogP contribution in [0.15, 0.2) is 91.0 Å². The largest absolute Gasteiger partial charge is 0.388 e. The van der Waals surface area contributed by atoms with E-state index < -0.39 is 11.9 Å². The lowest BCUT2D eigenvalue weighted by atomic mass is 10.1. The lowest BCUT2D eigenvalue weighted by Gasteiger charge is -2.36. The molecule has 1 N–H and O–H groups in total. The van der Waals surface area contributed by atoms with Crippen molar-refractivity contribution in [2.45, 2.75) is 38.6 Å². The fourth-order valence-electron chi connectivity index (χ4n) is 2.93. The predicted molar refractivity (Wildman–Crippen MR) is 113 cm³/mol. The van der Waals surface area contributed by atoms with Gasteiger partial charge in [-0.25, -0.2) is 0 Å². The van der Waals surface area contributed by atoms with Gasteiger partial charge in [0.2, 0.25) is 5.79 Å². The molecule has 0 saturated heterocycles. The first-order valence-electron chi connectivity index (χ1n) is 9.83. The fourth-order valence-corrected chi connectivity index (χ4v) is 2.93. The highest BCUT2D eigenvalue weighted by atomic mass is 16.7. The lowest BCUT2D eigenvalue weighted by Crippen LogP contribution is -2.50. The van der Waals surface area contributed by atoms with E-state index in [1.807, 2.05) is 91.0 Å². The molecule has 3 aromatic rings. The summed E-state index contributed by atoms with van der Waals surface area (Å²) in [7, 11) is 0.